The third kappa shape index (κ3) is 3.20. The zero-order valence-corrected chi connectivity index (χ0v) is 10.7. The van der Waals surface area contributed by atoms with Crippen LogP contribution in [-0.4, -0.2) is 42.0 Å². The first-order chi connectivity index (χ1) is 8.69. The summed E-state index contributed by atoms with van der Waals surface area (Å²) in [5, 5.41) is 3.31. The Kier molecular flexibility index (Phi) is 4.15. The Morgan fingerprint density at radius 3 is 3.00 bits per heavy atom. The summed E-state index contributed by atoms with van der Waals surface area (Å²) in [6, 6.07) is 3.50. The van der Waals surface area contributed by atoms with Crippen LogP contribution in [0.4, 0.5) is 5.82 Å². The van der Waals surface area contributed by atoms with Crippen molar-refractivity contribution in [3.05, 3.63) is 23.9 Å². The van der Waals surface area contributed by atoms with E-state index >= 15 is 0 Å². The largest absolute Gasteiger partial charge is 0.370 e. The Labute approximate surface area is 107 Å². The molecule has 0 aromatic carbocycles. The van der Waals surface area contributed by atoms with E-state index in [9.17, 15) is 4.79 Å². The van der Waals surface area contributed by atoms with Crippen molar-refractivity contribution in [2.45, 2.75) is 13.3 Å². The molecule has 98 valence electrons. The molecule has 0 bridgehead atoms. The molecule has 0 aliphatic carbocycles. The van der Waals surface area contributed by atoms with Gasteiger partial charge in [-0.3, -0.25) is 4.79 Å². The second kappa shape index (κ2) is 5.82. The molecule has 1 atom stereocenters. The van der Waals surface area contributed by atoms with Crippen molar-refractivity contribution in [3.63, 3.8) is 0 Å². The van der Waals surface area contributed by atoms with Crippen molar-refractivity contribution in [1.29, 1.82) is 0 Å². The minimum atomic E-state index is -0.441. The molecule has 3 N–H and O–H groups in total. The molecule has 0 spiro atoms. The molecule has 1 saturated heterocycles. The Morgan fingerprint density at radius 2 is 2.44 bits per heavy atom. The van der Waals surface area contributed by atoms with Crippen molar-refractivity contribution < 1.29 is 4.79 Å². The molecule has 1 aliphatic rings. The molecule has 1 aromatic heterocycles. The number of pyridine rings is 1. The minimum absolute atomic E-state index is 0.441. The maximum atomic E-state index is 10.9. The van der Waals surface area contributed by atoms with Gasteiger partial charge in [-0.15, -0.1) is 0 Å². The van der Waals surface area contributed by atoms with E-state index in [1.165, 1.54) is 19.2 Å². The highest BCUT2D eigenvalue weighted by molar-refractivity contribution is 5.92. The lowest BCUT2D eigenvalue weighted by Gasteiger charge is -2.14. The van der Waals surface area contributed by atoms with Gasteiger partial charge in [-0.2, -0.15) is 0 Å². The summed E-state index contributed by atoms with van der Waals surface area (Å²) >= 11 is 0. The number of nitrogens with two attached hydrogens (primary N) is 1. The molecule has 5 heteroatoms. The predicted molar refractivity (Wildman–Crippen MR) is 71.5 cm³/mol. The number of hydrogen-bond acceptors (Lipinski definition) is 4. The van der Waals surface area contributed by atoms with Gasteiger partial charge in [0.2, 0.25) is 5.91 Å². The van der Waals surface area contributed by atoms with E-state index in [4.69, 9.17) is 5.73 Å². The first kappa shape index (κ1) is 12.8. The molecule has 1 aliphatic heterocycles. The number of aromatic nitrogens is 1. The number of rotatable bonds is 5. The lowest BCUT2D eigenvalue weighted by Crippen LogP contribution is -2.22. The van der Waals surface area contributed by atoms with E-state index in [0.717, 1.165) is 25.5 Å². The second-order valence-corrected chi connectivity index (χ2v) is 4.73. The van der Waals surface area contributed by atoms with Gasteiger partial charge < -0.3 is 16.0 Å². The molecule has 18 heavy (non-hydrogen) atoms. The monoisotopic (exact) mass is 248 g/mol. The third-order valence-electron chi connectivity index (χ3n) is 3.44. The average Bonchev–Trinajstić information content (AvgIpc) is 2.85. The van der Waals surface area contributed by atoms with Crippen LogP contribution in [0.2, 0.25) is 0 Å². The van der Waals surface area contributed by atoms with Crippen LogP contribution in [0, 0.1) is 5.92 Å². The predicted octanol–water partition coefficient (Wildman–Crippen LogP) is 0.934. The maximum Gasteiger partial charge on any atom is 0.250 e. The van der Waals surface area contributed by atoms with Crippen molar-refractivity contribution >= 4 is 11.7 Å². The van der Waals surface area contributed by atoms with Gasteiger partial charge in [-0.25, -0.2) is 4.98 Å². The standard InChI is InChI=1S/C13H20N4O/c1-2-17-6-5-10(9-17)7-15-12-4-3-11(8-16-12)13(14)18/h3-4,8,10H,2,5-7,9H2,1H3,(H2,14,18)(H,15,16). The molecular weight excluding hydrogens is 228 g/mol. The number of carbonyl (C=O) groups excluding carboxylic acids is 1. The van der Waals surface area contributed by atoms with E-state index in [2.05, 4.69) is 22.1 Å². The number of nitrogens with zero attached hydrogens (tertiary/aromatic N) is 2. The first-order valence-corrected chi connectivity index (χ1v) is 6.41. The third-order valence-corrected chi connectivity index (χ3v) is 3.44. The van der Waals surface area contributed by atoms with E-state index in [0.29, 0.717) is 11.5 Å². The molecule has 1 aromatic rings. The van der Waals surface area contributed by atoms with Gasteiger partial charge in [0.1, 0.15) is 5.82 Å². The number of anilines is 1. The fraction of sp³-hybridized carbons (Fsp3) is 0.538. The quantitative estimate of drug-likeness (QED) is 0.813. The van der Waals surface area contributed by atoms with Gasteiger partial charge in [0.15, 0.2) is 0 Å². The summed E-state index contributed by atoms with van der Waals surface area (Å²) in [6.07, 6.45) is 2.75. The molecule has 2 heterocycles. The normalized spacial score (nSPS) is 19.9. The average molecular weight is 248 g/mol. The van der Waals surface area contributed by atoms with Crippen LogP contribution in [0.25, 0.3) is 0 Å². The number of hydrogen-bond donors (Lipinski definition) is 2. The van der Waals surface area contributed by atoms with Gasteiger partial charge in [0.05, 0.1) is 5.56 Å². The number of amides is 1. The van der Waals surface area contributed by atoms with Crippen LogP contribution in [-0.2, 0) is 0 Å². The Balaban J connectivity index is 1.82. The number of primary amides is 1. The number of nitrogens with one attached hydrogen (secondary N) is 1. The summed E-state index contributed by atoms with van der Waals surface area (Å²) in [5.74, 6) is 1.04. The molecule has 0 radical (unpaired) electrons. The Hall–Kier alpha value is -1.62. The molecule has 5 nitrogen and oxygen atoms in total. The summed E-state index contributed by atoms with van der Waals surface area (Å²) in [5.41, 5.74) is 5.61. The molecule has 2 rings (SSSR count). The van der Waals surface area contributed by atoms with Gasteiger partial charge in [-0.05, 0) is 37.6 Å². The van der Waals surface area contributed by atoms with Crippen LogP contribution in [0.3, 0.4) is 0 Å². The van der Waals surface area contributed by atoms with Crippen molar-refractivity contribution in [2.75, 3.05) is 31.5 Å². The van der Waals surface area contributed by atoms with E-state index < -0.39 is 5.91 Å². The van der Waals surface area contributed by atoms with Gasteiger partial charge >= 0.3 is 0 Å². The number of carbonyl (C=O) groups is 1. The van der Waals surface area contributed by atoms with Crippen LogP contribution in [0.15, 0.2) is 18.3 Å². The zero-order valence-electron chi connectivity index (χ0n) is 10.7. The summed E-state index contributed by atoms with van der Waals surface area (Å²) in [7, 11) is 0. The summed E-state index contributed by atoms with van der Waals surface area (Å²) in [4.78, 5) is 17.5. The fourth-order valence-electron chi connectivity index (χ4n) is 2.26. The van der Waals surface area contributed by atoms with Gasteiger partial charge in [0.25, 0.3) is 0 Å². The molecule has 0 saturated carbocycles. The molecule has 1 unspecified atom stereocenters. The van der Waals surface area contributed by atoms with E-state index in [1.807, 2.05) is 0 Å². The fourth-order valence-corrected chi connectivity index (χ4v) is 2.26. The highest BCUT2D eigenvalue weighted by Crippen LogP contribution is 2.16. The van der Waals surface area contributed by atoms with E-state index in [1.54, 1.807) is 12.1 Å². The van der Waals surface area contributed by atoms with Crippen LogP contribution < -0.4 is 11.1 Å². The topological polar surface area (TPSA) is 71.2 Å². The zero-order chi connectivity index (χ0) is 13.0. The lowest BCUT2D eigenvalue weighted by molar-refractivity contribution is 0.1000. The second-order valence-electron chi connectivity index (χ2n) is 4.73. The lowest BCUT2D eigenvalue weighted by atomic mass is 10.1. The van der Waals surface area contributed by atoms with Crippen LogP contribution >= 0.6 is 0 Å². The van der Waals surface area contributed by atoms with Crippen LogP contribution in [0.5, 0.6) is 0 Å². The number of likely N-dealkylation sites (tertiary alicyclic amines) is 1. The smallest absolute Gasteiger partial charge is 0.250 e. The summed E-state index contributed by atoms with van der Waals surface area (Å²) < 4.78 is 0. The Morgan fingerprint density at radius 1 is 1.61 bits per heavy atom. The summed E-state index contributed by atoms with van der Waals surface area (Å²) in [6.45, 7) is 6.60. The van der Waals surface area contributed by atoms with Crippen molar-refractivity contribution in [1.82, 2.24) is 9.88 Å². The van der Waals surface area contributed by atoms with Crippen LogP contribution in [0.1, 0.15) is 23.7 Å². The maximum absolute atomic E-state index is 10.9. The van der Waals surface area contributed by atoms with Gasteiger partial charge in [-0.1, -0.05) is 6.92 Å². The van der Waals surface area contributed by atoms with Crippen molar-refractivity contribution in [2.24, 2.45) is 11.7 Å². The minimum Gasteiger partial charge on any atom is -0.370 e. The first-order valence-electron chi connectivity index (χ1n) is 6.41. The SMILES string of the molecule is CCN1CCC(CNc2ccc(C(N)=O)cn2)C1. The molecule has 1 amide bonds. The molecule has 1 fully saturated rings. The highest BCUT2D eigenvalue weighted by Gasteiger charge is 2.20. The van der Waals surface area contributed by atoms with Gasteiger partial charge in [0, 0.05) is 19.3 Å². The molecular formula is C13H20N4O. The van der Waals surface area contributed by atoms with Crippen molar-refractivity contribution in [3.8, 4) is 0 Å². The Bertz CT molecular complexity index is 404. The highest BCUT2D eigenvalue weighted by atomic mass is 16.1. The van der Waals surface area contributed by atoms with E-state index in [-0.39, 0.29) is 0 Å².